The van der Waals surface area contributed by atoms with Gasteiger partial charge in [0.2, 0.25) is 0 Å². The van der Waals surface area contributed by atoms with Crippen LogP contribution in [0.25, 0.3) is 16.7 Å². The largest absolute Gasteiger partial charge is 0.508 e. The number of hydrogen-bond acceptors (Lipinski definition) is 11. The predicted octanol–water partition coefficient (Wildman–Crippen LogP) is 12.1. The van der Waals surface area contributed by atoms with Crippen LogP contribution in [0.3, 0.4) is 0 Å². The van der Waals surface area contributed by atoms with Crippen LogP contribution in [0, 0.1) is 70.0 Å². The highest BCUT2D eigenvalue weighted by atomic mass is 16.6. The Morgan fingerprint density at radius 3 is 2.49 bits per heavy atom. The van der Waals surface area contributed by atoms with Gasteiger partial charge in [0.25, 0.3) is 0 Å². The molecule has 0 radical (unpaired) electrons. The van der Waals surface area contributed by atoms with Crippen LogP contribution >= 0.6 is 0 Å². The molecule has 16 rings (SSSR count). The van der Waals surface area contributed by atoms with Crippen molar-refractivity contribution in [2.45, 2.75) is 159 Å². The number of cyclic esters (lactones) is 1. The van der Waals surface area contributed by atoms with E-state index in [2.05, 4.69) is 132 Å². The van der Waals surface area contributed by atoms with E-state index in [-0.39, 0.29) is 76.7 Å². The Balaban J connectivity index is 0.950. The summed E-state index contributed by atoms with van der Waals surface area (Å²) in [6.45, 7) is 6.80. The Hall–Kier alpha value is -6.10. The van der Waals surface area contributed by atoms with Crippen molar-refractivity contribution in [1.82, 2.24) is 21.3 Å². The lowest BCUT2D eigenvalue weighted by molar-refractivity contribution is -0.135. The van der Waals surface area contributed by atoms with Gasteiger partial charge in [-0.15, -0.1) is 0 Å². The lowest BCUT2D eigenvalue weighted by Gasteiger charge is -2.56. The van der Waals surface area contributed by atoms with Crippen molar-refractivity contribution in [3.8, 4) is 28.7 Å². The number of nitrogens with one attached hydrogen (secondary N) is 4. The van der Waals surface area contributed by atoms with E-state index in [1.807, 2.05) is 25.1 Å². The third-order valence-corrected chi connectivity index (χ3v) is 23.1. The number of carbonyl (C=O) groups excluding carboxylic acids is 2. The summed E-state index contributed by atoms with van der Waals surface area (Å²) in [7, 11) is 2.06. The van der Waals surface area contributed by atoms with Crippen molar-refractivity contribution in [2.24, 2.45) is 58.2 Å². The van der Waals surface area contributed by atoms with Gasteiger partial charge in [-0.1, -0.05) is 110 Å². The van der Waals surface area contributed by atoms with Gasteiger partial charge in [-0.05, 0) is 239 Å². The molecule has 7 N–H and O–H groups in total. The van der Waals surface area contributed by atoms with Crippen LogP contribution in [-0.4, -0.2) is 71.3 Å². The van der Waals surface area contributed by atoms with E-state index in [1.165, 1.54) is 16.7 Å². The van der Waals surface area contributed by atoms with Crippen LogP contribution < -0.4 is 21.3 Å². The number of hydrogen-bond donors (Lipinski definition) is 7. The van der Waals surface area contributed by atoms with E-state index in [0.717, 1.165) is 148 Å². The van der Waals surface area contributed by atoms with Crippen molar-refractivity contribution < 1.29 is 34.4 Å². The summed E-state index contributed by atoms with van der Waals surface area (Å²) in [6, 6.07) is 33.9. The molecule has 2 saturated heterocycles. The van der Waals surface area contributed by atoms with Gasteiger partial charge in [-0.3, -0.25) is 0 Å². The summed E-state index contributed by atoms with van der Waals surface area (Å²) in [4.78, 5) is 30.9. The summed E-state index contributed by atoms with van der Waals surface area (Å²) in [5.41, 5.74) is 7.87. The number of ether oxygens (including phenoxy) is 2. The maximum Gasteiger partial charge on any atom is 0.340 e. The summed E-state index contributed by atoms with van der Waals surface area (Å²) >= 11 is 0. The van der Waals surface area contributed by atoms with Crippen LogP contribution in [0.1, 0.15) is 150 Å². The second-order valence-corrected chi connectivity index (χ2v) is 28.2. The van der Waals surface area contributed by atoms with Crippen molar-refractivity contribution in [2.75, 3.05) is 26.7 Å². The number of esters is 2. The lowest BCUT2D eigenvalue weighted by Crippen LogP contribution is -2.52. The Bertz CT molecular complexity index is 3490. The SMILES string of the molecule is CC[C@H](/C=C1\OC(=O)C2=C3c4cc(O)ccc4-c4cccc(c4)CNCCc4cccc(c4)[C@H]4NC[C@](C)(O)CC#C[C@@H](C5(O)CCCC5)C[C@@H]5C[C@@]([C@@H]6CCN[C@H](NC)C6)(CC=C6OC(=O)C7=C6CC[C@H]6[C@H]3CC[C@@]21[C@@H]76)C[C@@H]54)Cc1ccccc1. The molecule has 3 saturated carbocycles. The topological polar surface area (TPSA) is 161 Å². The molecule has 86 heavy (non-hydrogen) atoms. The quantitative estimate of drug-likeness (QED) is 0.0697. The van der Waals surface area contributed by atoms with E-state index in [4.69, 9.17) is 9.47 Å². The number of phenolic OH excluding ortho intramolecular Hbond substituents is 1. The molecule has 0 amide bonds. The molecule has 4 aromatic rings. The summed E-state index contributed by atoms with van der Waals surface area (Å²) in [5, 5.41) is 51.5. The maximum atomic E-state index is 15.5. The lowest BCUT2D eigenvalue weighted by atomic mass is 9.44. The van der Waals surface area contributed by atoms with Gasteiger partial charge in [0, 0.05) is 48.5 Å². The molecule has 0 unspecified atom stereocenters. The maximum absolute atomic E-state index is 15.5. The fourth-order valence-corrected chi connectivity index (χ4v) is 19.0. The Morgan fingerprint density at radius 1 is 0.814 bits per heavy atom. The summed E-state index contributed by atoms with van der Waals surface area (Å²) in [6.07, 6.45) is 19.3. The highest BCUT2D eigenvalue weighted by Crippen LogP contribution is 2.72. The molecule has 450 valence electrons. The van der Waals surface area contributed by atoms with Crippen LogP contribution in [0.15, 0.2) is 137 Å². The number of rotatable bonds is 7. The fourth-order valence-electron chi connectivity index (χ4n) is 19.0. The number of allylic oxidation sites excluding steroid dienone is 5. The highest BCUT2D eigenvalue weighted by molar-refractivity contribution is 6.07. The first kappa shape index (κ1) is 57.6. The normalized spacial score (nSPS) is 34.7. The van der Waals surface area contributed by atoms with Gasteiger partial charge in [0.15, 0.2) is 0 Å². The highest BCUT2D eigenvalue weighted by Gasteiger charge is 2.69. The van der Waals surface area contributed by atoms with Crippen molar-refractivity contribution in [3.63, 3.8) is 0 Å². The standard InChI is InChI=1S/C75H88N4O7/c1-4-46(35-47-13-6-5-7-14-47)38-63-75-32-24-57-58-22-23-59-62(85-70(81)66(59)67(58)75)25-31-73(53-27-34-78-64(40-53)76-3)42-52-39-54(74(84)29-8-9-30-74)19-12-28-72(2,83)45-79-69(61(52)43-73)51-18-10-15-48(36-51)26-33-77-44-49-16-11-17-50(37-49)56-21-20-55(80)41-60(56)65(57)68(75)71(82)86-63/h5-7,10-11,13-18,20-21,25,36-38,41,46,52-54,57-58,61,64,67,69,76-80,83-84H,4,8-9,22-24,26-35,39-40,42-45H2,1-3H3/b62-25?,63-38-/t46-,52+,53+,54+,57+,58-,61-,64-,67+,69+,72+,73-,75+/m0/s1. The second kappa shape index (κ2) is 23.1. The number of β-amino-alcohol motifs (C(OH)–C–C–N with tert-alkyl or cyclic N) is 1. The molecule has 5 fully saturated rings. The molecular formula is C75H88N4O7. The first-order chi connectivity index (χ1) is 41.7. The molecule has 6 aliphatic carbocycles. The smallest absolute Gasteiger partial charge is 0.340 e. The van der Waals surface area contributed by atoms with E-state index in [9.17, 15) is 15.3 Å². The van der Waals surface area contributed by atoms with Crippen LogP contribution in [-0.2, 0) is 38.4 Å². The second-order valence-electron chi connectivity index (χ2n) is 28.2. The molecule has 6 heterocycles. The molecular weight excluding hydrogens is 1070 g/mol. The van der Waals surface area contributed by atoms with E-state index >= 15 is 9.59 Å². The van der Waals surface area contributed by atoms with E-state index in [1.54, 1.807) is 6.07 Å². The minimum atomic E-state index is -1.09. The average Bonchev–Trinajstić information content (AvgIpc) is 1.39. The minimum absolute atomic E-state index is 0.0111. The van der Waals surface area contributed by atoms with Crippen LogP contribution in [0.2, 0.25) is 0 Å². The van der Waals surface area contributed by atoms with Gasteiger partial charge in [0.05, 0.1) is 28.4 Å². The first-order valence-corrected chi connectivity index (χ1v) is 32.9. The number of piperidine rings is 1. The van der Waals surface area contributed by atoms with Crippen LogP contribution in [0.5, 0.6) is 5.75 Å². The Morgan fingerprint density at radius 2 is 1.65 bits per heavy atom. The number of aromatic hydroxyl groups is 1. The van der Waals surface area contributed by atoms with Gasteiger partial charge in [0.1, 0.15) is 17.3 Å². The monoisotopic (exact) mass is 1160 g/mol. The Kier molecular flexibility index (Phi) is 15.5. The van der Waals surface area contributed by atoms with Gasteiger partial charge in [-0.25, -0.2) is 9.59 Å². The predicted molar refractivity (Wildman–Crippen MR) is 335 cm³/mol. The molecule has 13 atom stereocenters. The van der Waals surface area contributed by atoms with Gasteiger partial charge in [-0.2, -0.15) is 0 Å². The van der Waals surface area contributed by atoms with E-state index < -0.39 is 16.6 Å². The molecule has 11 heteroatoms. The third kappa shape index (κ3) is 10.4. The zero-order valence-electron chi connectivity index (χ0n) is 50.7. The molecule has 4 aromatic carbocycles. The number of phenols is 1. The number of fused-ring (bicyclic) bond motifs is 5. The molecule has 1 spiro atoms. The minimum Gasteiger partial charge on any atom is -0.508 e. The number of aliphatic hydroxyl groups is 2. The zero-order valence-corrected chi connectivity index (χ0v) is 50.7. The molecule has 12 aliphatic rings. The van der Waals surface area contributed by atoms with Gasteiger partial charge < -0.3 is 46.1 Å². The third-order valence-electron chi connectivity index (χ3n) is 23.1. The summed E-state index contributed by atoms with van der Waals surface area (Å²) in [5.74, 6) is 8.09. The number of carbonyl (C=O) groups is 2. The van der Waals surface area contributed by atoms with Gasteiger partial charge >= 0.3 is 11.9 Å². The molecule has 11 nitrogen and oxygen atoms in total. The number of benzene rings is 4. The first-order valence-electron chi connectivity index (χ1n) is 32.9. The average molecular weight is 1160 g/mol. The molecule has 6 aliphatic heterocycles. The van der Waals surface area contributed by atoms with Crippen molar-refractivity contribution in [1.29, 1.82) is 0 Å². The molecule has 0 aromatic heterocycles. The van der Waals surface area contributed by atoms with Crippen molar-refractivity contribution >= 4 is 17.5 Å². The fraction of sp³-hybridized carbons (Fsp3) is 0.520. The van der Waals surface area contributed by atoms with Crippen LogP contribution in [0.4, 0.5) is 0 Å². The molecule has 14 bridgehead atoms. The zero-order chi connectivity index (χ0) is 59.0. The Labute approximate surface area is 509 Å². The van der Waals surface area contributed by atoms with Crippen molar-refractivity contribution in [3.05, 3.63) is 165 Å². The van der Waals surface area contributed by atoms with E-state index in [0.29, 0.717) is 55.4 Å². The summed E-state index contributed by atoms with van der Waals surface area (Å²) < 4.78 is 13.6.